The van der Waals surface area contributed by atoms with Gasteiger partial charge in [-0.1, -0.05) is 54.6 Å². The topological polar surface area (TPSA) is 114 Å². The molecule has 10 nitrogen and oxygen atoms in total. The molecule has 6 rings (SSSR count). The van der Waals surface area contributed by atoms with Crippen LogP contribution < -0.4 is 10.6 Å². The molecule has 226 valence electrons. The maximum atomic E-state index is 12.6. The summed E-state index contributed by atoms with van der Waals surface area (Å²) in [5.41, 5.74) is 4.13. The van der Waals surface area contributed by atoms with Crippen molar-refractivity contribution in [2.75, 3.05) is 37.9 Å². The van der Waals surface area contributed by atoms with Crippen molar-refractivity contribution in [3.8, 4) is 0 Å². The van der Waals surface area contributed by atoms with Gasteiger partial charge in [0.1, 0.15) is 12.1 Å². The van der Waals surface area contributed by atoms with E-state index in [1.54, 1.807) is 12.1 Å². The van der Waals surface area contributed by atoms with Crippen molar-refractivity contribution >= 4 is 61.6 Å². The van der Waals surface area contributed by atoms with Crippen LogP contribution >= 0.6 is 0 Å². The quantitative estimate of drug-likeness (QED) is 0.107. The number of fused-ring (bicyclic) bond motifs is 4. The largest absolute Gasteiger partial charge is 0.462 e. The number of benzene rings is 4. The third kappa shape index (κ3) is 7.14. The molecule has 0 aliphatic rings. The number of aromatic nitrogens is 4. The molecule has 45 heavy (non-hydrogen) atoms. The lowest BCUT2D eigenvalue weighted by Gasteiger charge is -2.12. The first-order valence-electron chi connectivity index (χ1n) is 14.7. The van der Waals surface area contributed by atoms with Gasteiger partial charge in [-0.3, -0.25) is 9.48 Å². The van der Waals surface area contributed by atoms with E-state index in [1.807, 2.05) is 66.1 Å². The lowest BCUT2D eigenvalue weighted by Crippen LogP contribution is -2.16. The number of carbonyl (C=O) groups is 2. The molecule has 0 aliphatic carbocycles. The molecule has 0 bridgehead atoms. The lowest BCUT2D eigenvalue weighted by atomic mass is 10.0. The summed E-state index contributed by atoms with van der Waals surface area (Å²) >= 11 is 0. The summed E-state index contributed by atoms with van der Waals surface area (Å²) in [5.74, 6) is -0.425. The smallest absolute Gasteiger partial charge is 0.330 e. The highest BCUT2D eigenvalue weighted by Crippen LogP contribution is 2.34. The maximum absolute atomic E-state index is 12.6. The Morgan fingerprint density at radius 3 is 2.49 bits per heavy atom. The second-order valence-electron chi connectivity index (χ2n) is 10.9. The molecule has 0 unspecified atom stereocenters. The summed E-state index contributed by atoms with van der Waals surface area (Å²) in [5, 5.41) is 15.1. The monoisotopic (exact) mass is 599 g/mol. The van der Waals surface area contributed by atoms with Crippen LogP contribution in [0.1, 0.15) is 12.0 Å². The summed E-state index contributed by atoms with van der Waals surface area (Å²) in [7, 11) is 3.91. The van der Waals surface area contributed by atoms with Gasteiger partial charge in [-0.25, -0.2) is 14.8 Å². The molecule has 6 aromatic rings. The number of amides is 1. The van der Waals surface area contributed by atoms with Crippen LogP contribution in [0, 0.1) is 0 Å². The Kier molecular flexibility index (Phi) is 8.74. The van der Waals surface area contributed by atoms with Crippen molar-refractivity contribution in [3.63, 3.8) is 0 Å². The Balaban J connectivity index is 1.23. The fourth-order valence-corrected chi connectivity index (χ4v) is 5.16. The summed E-state index contributed by atoms with van der Waals surface area (Å²) in [6.45, 7) is 1.77. The first kappa shape index (κ1) is 29.5. The number of esters is 1. The van der Waals surface area contributed by atoms with Crippen molar-refractivity contribution in [1.29, 1.82) is 0 Å². The van der Waals surface area contributed by atoms with E-state index in [0.29, 0.717) is 30.2 Å². The second kappa shape index (κ2) is 13.4. The van der Waals surface area contributed by atoms with Crippen LogP contribution in [0.25, 0.3) is 32.6 Å². The van der Waals surface area contributed by atoms with Crippen molar-refractivity contribution in [3.05, 3.63) is 109 Å². The fraction of sp³-hybridized carbons (Fsp3) is 0.171. The van der Waals surface area contributed by atoms with Crippen LogP contribution in [0.3, 0.4) is 0 Å². The third-order valence-electron chi connectivity index (χ3n) is 7.29. The van der Waals surface area contributed by atoms with E-state index in [9.17, 15) is 9.59 Å². The van der Waals surface area contributed by atoms with Gasteiger partial charge < -0.3 is 20.3 Å². The van der Waals surface area contributed by atoms with Gasteiger partial charge in [-0.15, -0.1) is 0 Å². The molecule has 4 aromatic carbocycles. The van der Waals surface area contributed by atoms with Gasteiger partial charge in [0.15, 0.2) is 0 Å². The van der Waals surface area contributed by atoms with E-state index in [4.69, 9.17) is 9.84 Å². The van der Waals surface area contributed by atoms with Gasteiger partial charge in [0, 0.05) is 52.4 Å². The standard InChI is InChI=1S/C35H33N7O3/c1-41(2)17-8-18-45-34(44)16-15-33(43)38-25-13-14-30-28(19-25)35(37-23-36-30)39-31-20-32-29(26-11-6-7-12-27(26)31)22-42(40-32)21-24-9-4-3-5-10-24/h3-7,9-16,19-20,22-23H,8,17-18,21H2,1-2H3,(H,38,43)(H,36,37,39). The van der Waals surface area contributed by atoms with E-state index in [0.717, 1.165) is 57.9 Å². The summed E-state index contributed by atoms with van der Waals surface area (Å²) in [4.78, 5) is 35.5. The number of nitrogens with zero attached hydrogens (tertiary/aromatic N) is 5. The minimum absolute atomic E-state index is 0.293. The summed E-state index contributed by atoms with van der Waals surface area (Å²) in [6, 6.07) is 25.8. The Labute approximate surface area is 260 Å². The second-order valence-corrected chi connectivity index (χ2v) is 10.9. The van der Waals surface area contributed by atoms with Crippen LogP contribution in [0.5, 0.6) is 0 Å². The van der Waals surface area contributed by atoms with Crippen LogP contribution in [0.15, 0.2) is 104 Å². The van der Waals surface area contributed by atoms with Crippen molar-refractivity contribution in [2.24, 2.45) is 0 Å². The first-order chi connectivity index (χ1) is 21.9. The molecule has 0 saturated carbocycles. The number of hydrogen-bond donors (Lipinski definition) is 2. The van der Waals surface area contributed by atoms with Crippen molar-refractivity contribution < 1.29 is 14.3 Å². The molecule has 0 radical (unpaired) electrons. The molecule has 2 aromatic heterocycles. The minimum atomic E-state index is -0.559. The number of ether oxygens (including phenoxy) is 1. The predicted molar refractivity (Wildman–Crippen MR) is 178 cm³/mol. The average Bonchev–Trinajstić information content (AvgIpc) is 3.45. The number of rotatable bonds is 11. The van der Waals surface area contributed by atoms with Crippen LogP contribution in [0.2, 0.25) is 0 Å². The zero-order chi connectivity index (χ0) is 31.2. The van der Waals surface area contributed by atoms with Crippen LogP contribution in [-0.4, -0.2) is 63.8 Å². The van der Waals surface area contributed by atoms with Gasteiger partial charge in [0.25, 0.3) is 0 Å². The van der Waals surface area contributed by atoms with Gasteiger partial charge in [0.05, 0.1) is 24.2 Å². The fourth-order valence-electron chi connectivity index (χ4n) is 5.16. The Morgan fingerprint density at radius 1 is 0.867 bits per heavy atom. The predicted octanol–water partition coefficient (Wildman–Crippen LogP) is 5.91. The Bertz CT molecular complexity index is 2020. The Hall–Kier alpha value is -5.61. The number of carbonyl (C=O) groups excluding carboxylic acids is 2. The summed E-state index contributed by atoms with van der Waals surface area (Å²) in [6.07, 6.45) is 6.60. The summed E-state index contributed by atoms with van der Waals surface area (Å²) < 4.78 is 7.11. The van der Waals surface area contributed by atoms with E-state index in [-0.39, 0.29) is 0 Å². The molecular formula is C35H33N7O3. The number of anilines is 3. The van der Waals surface area contributed by atoms with Gasteiger partial charge >= 0.3 is 5.97 Å². The van der Waals surface area contributed by atoms with E-state index >= 15 is 0 Å². The highest BCUT2D eigenvalue weighted by Gasteiger charge is 2.13. The molecular weight excluding hydrogens is 566 g/mol. The molecule has 0 aliphatic heterocycles. The molecule has 0 fully saturated rings. The number of nitrogens with one attached hydrogen (secondary N) is 2. The number of hydrogen-bond acceptors (Lipinski definition) is 8. The SMILES string of the molecule is CN(C)CCCOC(=O)C=CC(=O)Nc1ccc2ncnc(Nc3cc4nn(Cc5ccccc5)cc4c4ccccc34)c2c1. The molecule has 10 heteroatoms. The van der Waals surface area contributed by atoms with Gasteiger partial charge in [-0.2, -0.15) is 5.10 Å². The van der Waals surface area contributed by atoms with Gasteiger partial charge in [-0.05, 0) is 55.7 Å². The molecule has 0 atom stereocenters. The highest BCUT2D eigenvalue weighted by atomic mass is 16.5. The minimum Gasteiger partial charge on any atom is -0.462 e. The highest BCUT2D eigenvalue weighted by molar-refractivity contribution is 6.13. The Morgan fingerprint density at radius 2 is 1.67 bits per heavy atom. The average molecular weight is 600 g/mol. The van der Waals surface area contributed by atoms with Crippen LogP contribution in [-0.2, 0) is 20.9 Å². The zero-order valence-electron chi connectivity index (χ0n) is 25.1. The molecule has 0 spiro atoms. The molecule has 1 amide bonds. The van der Waals surface area contributed by atoms with E-state index in [1.165, 1.54) is 11.9 Å². The zero-order valence-corrected chi connectivity index (χ0v) is 25.1. The molecule has 2 N–H and O–H groups in total. The normalized spacial score (nSPS) is 11.5. The van der Waals surface area contributed by atoms with Gasteiger partial charge in [0.2, 0.25) is 5.91 Å². The third-order valence-corrected chi connectivity index (χ3v) is 7.29. The molecule has 2 heterocycles. The van der Waals surface area contributed by atoms with Crippen LogP contribution in [0.4, 0.5) is 17.2 Å². The molecule has 0 saturated heterocycles. The van der Waals surface area contributed by atoms with Crippen molar-refractivity contribution in [2.45, 2.75) is 13.0 Å². The van der Waals surface area contributed by atoms with E-state index < -0.39 is 11.9 Å². The maximum Gasteiger partial charge on any atom is 0.330 e. The lowest BCUT2D eigenvalue weighted by molar-refractivity contribution is -0.138. The van der Waals surface area contributed by atoms with Crippen molar-refractivity contribution in [1.82, 2.24) is 24.6 Å². The van der Waals surface area contributed by atoms with E-state index in [2.05, 4.69) is 51.1 Å². The first-order valence-corrected chi connectivity index (χ1v) is 14.7.